The van der Waals surface area contributed by atoms with E-state index in [1.165, 1.54) is 5.56 Å². The van der Waals surface area contributed by atoms with Crippen molar-refractivity contribution in [2.75, 3.05) is 5.32 Å². The van der Waals surface area contributed by atoms with Crippen molar-refractivity contribution in [2.45, 2.75) is 13.5 Å². The van der Waals surface area contributed by atoms with Gasteiger partial charge in [-0.15, -0.1) is 0 Å². The average molecular weight is 198 g/mol. The van der Waals surface area contributed by atoms with Gasteiger partial charge in [-0.25, -0.2) is 0 Å². The van der Waals surface area contributed by atoms with Crippen molar-refractivity contribution in [3.05, 3.63) is 59.9 Å². The lowest BCUT2D eigenvalue weighted by Gasteiger charge is -2.06. The minimum Gasteiger partial charge on any atom is -0.381 e. The number of nitrogens with zero attached hydrogens (tertiary/aromatic N) is 1. The van der Waals surface area contributed by atoms with Crippen molar-refractivity contribution in [3.63, 3.8) is 0 Å². The van der Waals surface area contributed by atoms with Gasteiger partial charge in [0, 0.05) is 24.1 Å². The molecule has 0 aliphatic carbocycles. The highest BCUT2D eigenvalue weighted by Gasteiger charge is 1.93. The van der Waals surface area contributed by atoms with E-state index in [2.05, 4.69) is 34.6 Å². The zero-order valence-electron chi connectivity index (χ0n) is 8.77. The number of pyridine rings is 1. The molecule has 0 radical (unpaired) electrons. The van der Waals surface area contributed by atoms with Crippen LogP contribution in [0.2, 0.25) is 0 Å². The van der Waals surface area contributed by atoms with Gasteiger partial charge < -0.3 is 5.32 Å². The third-order valence-corrected chi connectivity index (χ3v) is 2.24. The number of hydrogen-bond acceptors (Lipinski definition) is 2. The Morgan fingerprint density at radius 3 is 2.67 bits per heavy atom. The molecule has 0 amide bonds. The van der Waals surface area contributed by atoms with Crippen LogP contribution in [0.1, 0.15) is 11.3 Å². The van der Waals surface area contributed by atoms with Crippen LogP contribution in [0.5, 0.6) is 0 Å². The Labute approximate surface area is 90.0 Å². The predicted molar refractivity (Wildman–Crippen MR) is 62.7 cm³/mol. The quantitative estimate of drug-likeness (QED) is 0.820. The van der Waals surface area contributed by atoms with Gasteiger partial charge in [-0.2, -0.15) is 0 Å². The summed E-state index contributed by atoms with van der Waals surface area (Å²) in [6, 6.07) is 14.4. The number of rotatable bonds is 3. The summed E-state index contributed by atoms with van der Waals surface area (Å²) in [4.78, 5) is 4.15. The van der Waals surface area contributed by atoms with Crippen molar-refractivity contribution in [1.82, 2.24) is 4.98 Å². The maximum absolute atomic E-state index is 4.15. The maximum Gasteiger partial charge on any atom is 0.0400 e. The Kier molecular flexibility index (Phi) is 2.98. The second-order valence-electron chi connectivity index (χ2n) is 3.53. The van der Waals surface area contributed by atoms with Gasteiger partial charge in [-0.05, 0) is 24.6 Å². The molecule has 2 aromatic rings. The average Bonchev–Trinajstić information content (AvgIpc) is 2.28. The van der Waals surface area contributed by atoms with E-state index in [1.807, 2.05) is 31.3 Å². The largest absolute Gasteiger partial charge is 0.381 e. The zero-order valence-corrected chi connectivity index (χ0v) is 8.77. The van der Waals surface area contributed by atoms with Crippen molar-refractivity contribution in [1.29, 1.82) is 0 Å². The molecule has 0 saturated carbocycles. The lowest BCUT2D eigenvalue weighted by atomic mass is 10.2. The summed E-state index contributed by atoms with van der Waals surface area (Å²) in [5.74, 6) is 0. The van der Waals surface area contributed by atoms with Crippen LogP contribution in [0.25, 0.3) is 0 Å². The molecule has 0 spiro atoms. The van der Waals surface area contributed by atoms with Crippen LogP contribution in [0, 0.1) is 6.92 Å². The first kappa shape index (κ1) is 9.71. The second-order valence-corrected chi connectivity index (χ2v) is 3.53. The van der Waals surface area contributed by atoms with Gasteiger partial charge in [0.2, 0.25) is 0 Å². The van der Waals surface area contributed by atoms with Gasteiger partial charge in [0.15, 0.2) is 0 Å². The molecule has 0 fully saturated rings. The van der Waals surface area contributed by atoms with Crippen molar-refractivity contribution >= 4 is 5.69 Å². The fourth-order valence-electron chi connectivity index (χ4n) is 1.46. The molecule has 0 aliphatic rings. The van der Waals surface area contributed by atoms with E-state index in [4.69, 9.17) is 0 Å². The SMILES string of the molecule is Cc1cc(NCc2ccccc2)ccn1. The van der Waals surface area contributed by atoms with Gasteiger partial charge in [0.1, 0.15) is 0 Å². The molecule has 1 N–H and O–H groups in total. The Balaban J connectivity index is 1.99. The highest BCUT2D eigenvalue weighted by Crippen LogP contribution is 2.09. The number of hydrogen-bond donors (Lipinski definition) is 1. The summed E-state index contributed by atoms with van der Waals surface area (Å²) in [6.07, 6.45) is 1.82. The minimum atomic E-state index is 0.851. The highest BCUT2D eigenvalue weighted by atomic mass is 14.9. The molecule has 1 aromatic heterocycles. The molecule has 0 bridgehead atoms. The van der Waals surface area contributed by atoms with E-state index in [-0.39, 0.29) is 0 Å². The third-order valence-electron chi connectivity index (χ3n) is 2.24. The summed E-state index contributed by atoms with van der Waals surface area (Å²) >= 11 is 0. The Morgan fingerprint density at radius 2 is 1.93 bits per heavy atom. The van der Waals surface area contributed by atoms with Gasteiger partial charge in [0.05, 0.1) is 0 Å². The Hall–Kier alpha value is -1.83. The van der Waals surface area contributed by atoms with E-state index < -0.39 is 0 Å². The van der Waals surface area contributed by atoms with Crippen LogP contribution in [0.4, 0.5) is 5.69 Å². The van der Waals surface area contributed by atoms with Crippen molar-refractivity contribution in [3.8, 4) is 0 Å². The van der Waals surface area contributed by atoms with E-state index in [0.717, 1.165) is 17.9 Å². The van der Waals surface area contributed by atoms with Gasteiger partial charge in [-0.3, -0.25) is 4.98 Å². The Morgan fingerprint density at radius 1 is 1.13 bits per heavy atom. The topological polar surface area (TPSA) is 24.9 Å². The molecule has 1 aromatic carbocycles. The predicted octanol–water partition coefficient (Wildman–Crippen LogP) is 3.00. The lowest BCUT2D eigenvalue weighted by molar-refractivity contribution is 1.13. The number of anilines is 1. The molecule has 0 atom stereocenters. The van der Waals surface area contributed by atoms with E-state index in [9.17, 15) is 0 Å². The first-order valence-electron chi connectivity index (χ1n) is 5.05. The molecule has 2 heteroatoms. The van der Waals surface area contributed by atoms with Gasteiger partial charge in [-0.1, -0.05) is 30.3 Å². The van der Waals surface area contributed by atoms with Crippen LogP contribution in [0.15, 0.2) is 48.7 Å². The van der Waals surface area contributed by atoms with Gasteiger partial charge >= 0.3 is 0 Å². The molecule has 2 rings (SSSR count). The maximum atomic E-state index is 4.15. The molecular weight excluding hydrogens is 184 g/mol. The van der Waals surface area contributed by atoms with Crippen molar-refractivity contribution in [2.24, 2.45) is 0 Å². The highest BCUT2D eigenvalue weighted by molar-refractivity contribution is 5.43. The minimum absolute atomic E-state index is 0.851. The molecule has 0 aliphatic heterocycles. The molecule has 0 unspecified atom stereocenters. The van der Waals surface area contributed by atoms with Crippen LogP contribution in [-0.4, -0.2) is 4.98 Å². The smallest absolute Gasteiger partial charge is 0.0400 e. The van der Waals surface area contributed by atoms with Gasteiger partial charge in [0.25, 0.3) is 0 Å². The summed E-state index contributed by atoms with van der Waals surface area (Å²) in [6.45, 7) is 2.85. The normalized spacial score (nSPS) is 9.93. The van der Waals surface area contributed by atoms with E-state index >= 15 is 0 Å². The molecule has 0 saturated heterocycles. The first-order valence-corrected chi connectivity index (χ1v) is 5.05. The summed E-state index contributed by atoms with van der Waals surface area (Å²) in [7, 11) is 0. The Bertz CT molecular complexity index is 424. The second kappa shape index (κ2) is 4.60. The molecule has 15 heavy (non-hydrogen) atoms. The van der Waals surface area contributed by atoms with E-state index in [1.54, 1.807) is 0 Å². The molecular formula is C13H14N2. The summed E-state index contributed by atoms with van der Waals surface area (Å²) in [5, 5.41) is 3.36. The third kappa shape index (κ3) is 2.81. The molecule has 2 nitrogen and oxygen atoms in total. The molecule has 1 heterocycles. The fourth-order valence-corrected chi connectivity index (χ4v) is 1.46. The fraction of sp³-hybridized carbons (Fsp3) is 0.154. The number of aryl methyl sites for hydroxylation is 1. The monoisotopic (exact) mass is 198 g/mol. The number of aromatic nitrogens is 1. The number of benzene rings is 1. The lowest BCUT2D eigenvalue weighted by Crippen LogP contribution is -1.99. The zero-order chi connectivity index (χ0) is 10.5. The van der Waals surface area contributed by atoms with Crippen molar-refractivity contribution < 1.29 is 0 Å². The first-order chi connectivity index (χ1) is 7.34. The van der Waals surface area contributed by atoms with Crippen LogP contribution >= 0.6 is 0 Å². The van der Waals surface area contributed by atoms with Crippen LogP contribution in [-0.2, 0) is 6.54 Å². The standard InChI is InChI=1S/C13H14N2/c1-11-9-13(7-8-14-11)15-10-12-5-3-2-4-6-12/h2-9H,10H2,1H3,(H,14,15). The van der Waals surface area contributed by atoms with Crippen LogP contribution in [0.3, 0.4) is 0 Å². The summed E-state index contributed by atoms with van der Waals surface area (Å²) < 4.78 is 0. The van der Waals surface area contributed by atoms with E-state index in [0.29, 0.717) is 0 Å². The van der Waals surface area contributed by atoms with Crippen LogP contribution < -0.4 is 5.32 Å². The summed E-state index contributed by atoms with van der Waals surface area (Å²) in [5.41, 5.74) is 3.44. The molecule has 76 valence electrons. The number of nitrogens with one attached hydrogen (secondary N) is 1.